The van der Waals surface area contributed by atoms with E-state index in [-0.39, 0.29) is 5.82 Å². The highest BCUT2D eigenvalue weighted by Gasteiger charge is 2.07. The van der Waals surface area contributed by atoms with Crippen molar-refractivity contribution in [3.05, 3.63) is 65.4 Å². The van der Waals surface area contributed by atoms with Gasteiger partial charge in [-0.15, -0.1) is 10.2 Å². The van der Waals surface area contributed by atoms with E-state index >= 15 is 0 Å². The van der Waals surface area contributed by atoms with Gasteiger partial charge >= 0.3 is 0 Å². The Labute approximate surface area is 108 Å². The van der Waals surface area contributed by atoms with Gasteiger partial charge in [0.1, 0.15) is 11.6 Å². The average molecular weight is 252 g/mol. The first-order valence-electron chi connectivity index (χ1n) is 5.74. The van der Waals surface area contributed by atoms with Gasteiger partial charge in [0.2, 0.25) is 0 Å². The highest BCUT2D eigenvalue weighted by molar-refractivity contribution is 5.45. The molecule has 0 saturated heterocycles. The number of benzene rings is 1. The molecule has 2 aromatic heterocycles. The van der Waals surface area contributed by atoms with Crippen LogP contribution in [0.3, 0.4) is 0 Å². The van der Waals surface area contributed by atoms with Crippen LogP contribution in [-0.2, 0) is 6.42 Å². The van der Waals surface area contributed by atoms with Crippen LogP contribution in [-0.4, -0.2) is 14.6 Å². The zero-order chi connectivity index (χ0) is 13.2. The van der Waals surface area contributed by atoms with Crippen molar-refractivity contribution in [1.82, 2.24) is 14.6 Å². The summed E-state index contributed by atoms with van der Waals surface area (Å²) >= 11 is 0. The predicted octanol–water partition coefficient (Wildman–Crippen LogP) is 2.33. The fraction of sp³-hybridized carbons (Fsp3) is 0.0714. The normalized spacial score (nSPS) is 10.5. The molecule has 3 aromatic rings. The van der Waals surface area contributed by atoms with E-state index in [9.17, 15) is 4.39 Å². The van der Waals surface area contributed by atoms with E-state index in [1.54, 1.807) is 30.5 Å². The molecule has 0 amide bonds. The third-order valence-electron chi connectivity index (χ3n) is 2.89. The number of hydrogen-bond donors (Lipinski definition) is 0. The van der Waals surface area contributed by atoms with Crippen LogP contribution in [0.15, 0.2) is 42.6 Å². The van der Waals surface area contributed by atoms with Crippen molar-refractivity contribution in [3.63, 3.8) is 0 Å². The second-order valence-electron chi connectivity index (χ2n) is 4.17. The molecule has 0 saturated carbocycles. The summed E-state index contributed by atoms with van der Waals surface area (Å²) in [6.45, 7) is 0. The topological polar surface area (TPSA) is 54.0 Å². The van der Waals surface area contributed by atoms with Gasteiger partial charge in [-0.3, -0.25) is 4.40 Å². The van der Waals surface area contributed by atoms with Crippen molar-refractivity contribution in [2.24, 2.45) is 0 Å². The molecule has 1 aromatic carbocycles. The van der Waals surface area contributed by atoms with Crippen molar-refractivity contribution in [2.45, 2.75) is 6.42 Å². The lowest BCUT2D eigenvalue weighted by Gasteiger charge is -2.00. The van der Waals surface area contributed by atoms with Crippen molar-refractivity contribution in [3.8, 4) is 6.07 Å². The maximum Gasteiger partial charge on any atom is 0.162 e. The molecule has 0 aliphatic rings. The second-order valence-corrected chi connectivity index (χ2v) is 4.17. The molecule has 4 nitrogen and oxygen atoms in total. The lowest BCUT2D eigenvalue weighted by molar-refractivity contribution is 0.627. The number of fused-ring (bicyclic) bond motifs is 1. The molecular weight excluding hydrogens is 243 g/mol. The second kappa shape index (κ2) is 4.50. The van der Waals surface area contributed by atoms with Crippen molar-refractivity contribution < 1.29 is 4.39 Å². The first-order valence-corrected chi connectivity index (χ1v) is 5.74. The fourth-order valence-corrected chi connectivity index (χ4v) is 1.92. The Morgan fingerprint density at radius 3 is 2.68 bits per heavy atom. The van der Waals surface area contributed by atoms with Crippen LogP contribution in [0.4, 0.5) is 4.39 Å². The van der Waals surface area contributed by atoms with Gasteiger partial charge in [-0.25, -0.2) is 4.39 Å². The summed E-state index contributed by atoms with van der Waals surface area (Å²) in [5.41, 5.74) is 2.14. The fourth-order valence-electron chi connectivity index (χ4n) is 1.92. The number of hydrogen-bond acceptors (Lipinski definition) is 3. The van der Waals surface area contributed by atoms with Crippen LogP contribution in [0.25, 0.3) is 5.65 Å². The van der Waals surface area contributed by atoms with Crippen LogP contribution < -0.4 is 0 Å². The minimum absolute atomic E-state index is 0.256. The van der Waals surface area contributed by atoms with Gasteiger partial charge in [0, 0.05) is 18.7 Å². The molecule has 3 rings (SSSR count). The van der Waals surface area contributed by atoms with Gasteiger partial charge in [0.15, 0.2) is 5.65 Å². The number of halogens is 1. The molecule has 19 heavy (non-hydrogen) atoms. The molecule has 92 valence electrons. The molecular formula is C14H9FN4. The average Bonchev–Trinajstić information content (AvgIpc) is 2.83. The third-order valence-corrected chi connectivity index (χ3v) is 2.89. The quantitative estimate of drug-likeness (QED) is 0.703. The summed E-state index contributed by atoms with van der Waals surface area (Å²) in [4.78, 5) is 0. The molecule has 0 radical (unpaired) electrons. The number of nitrogens with zero attached hydrogens (tertiary/aromatic N) is 4. The third kappa shape index (κ3) is 2.16. The van der Waals surface area contributed by atoms with Crippen LogP contribution in [0.5, 0.6) is 0 Å². The summed E-state index contributed by atoms with van der Waals surface area (Å²) in [7, 11) is 0. The zero-order valence-electron chi connectivity index (χ0n) is 9.92. The van der Waals surface area contributed by atoms with E-state index in [2.05, 4.69) is 16.3 Å². The van der Waals surface area contributed by atoms with Crippen LogP contribution in [0.2, 0.25) is 0 Å². The number of pyridine rings is 1. The summed E-state index contributed by atoms with van der Waals surface area (Å²) in [5, 5.41) is 16.9. The summed E-state index contributed by atoms with van der Waals surface area (Å²) < 4.78 is 14.7. The van der Waals surface area contributed by atoms with Crippen LogP contribution >= 0.6 is 0 Å². The number of aromatic nitrogens is 3. The lowest BCUT2D eigenvalue weighted by Crippen LogP contribution is -1.96. The lowest BCUT2D eigenvalue weighted by atomic mass is 10.1. The van der Waals surface area contributed by atoms with Crippen LogP contribution in [0.1, 0.15) is 17.0 Å². The first-order chi connectivity index (χ1) is 9.26. The van der Waals surface area contributed by atoms with Crippen molar-refractivity contribution >= 4 is 5.65 Å². The van der Waals surface area contributed by atoms with Crippen molar-refractivity contribution in [1.29, 1.82) is 5.26 Å². The molecule has 5 heteroatoms. The van der Waals surface area contributed by atoms with Gasteiger partial charge in [0.25, 0.3) is 0 Å². The Morgan fingerprint density at radius 1 is 1.16 bits per heavy atom. The molecule has 0 unspecified atom stereocenters. The molecule has 0 aliphatic heterocycles. The molecule has 0 fully saturated rings. The van der Waals surface area contributed by atoms with Crippen LogP contribution in [0, 0.1) is 17.1 Å². The Balaban J connectivity index is 1.97. The Bertz CT molecular complexity index is 768. The predicted molar refractivity (Wildman–Crippen MR) is 66.9 cm³/mol. The van der Waals surface area contributed by atoms with E-state index in [1.165, 1.54) is 12.1 Å². The Kier molecular flexibility index (Phi) is 2.69. The van der Waals surface area contributed by atoms with Gasteiger partial charge in [0.05, 0.1) is 11.6 Å². The molecule has 0 spiro atoms. The first kappa shape index (κ1) is 11.4. The van der Waals surface area contributed by atoms with E-state index < -0.39 is 0 Å². The van der Waals surface area contributed by atoms with Gasteiger partial charge in [-0.2, -0.15) is 5.26 Å². The summed E-state index contributed by atoms with van der Waals surface area (Å²) in [5.74, 6) is 0.500. The zero-order valence-corrected chi connectivity index (χ0v) is 9.92. The Hall–Kier alpha value is -2.74. The monoisotopic (exact) mass is 252 g/mol. The van der Waals surface area contributed by atoms with E-state index in [1.807, 2.05) is 4.40 Å². The summed E-state index contributed by atoms with van der Waals surface area (Å²) in [6.07, 6.45) is 2.33. The van der Waals surface area contributed by atoms with E-state index in [0.717, 1.165) is 11.4 Å². The largest absolute Gasteiger partial charge is 0.286 e. The molecule has 0 aliphatic carbocycles. The standard InChI is InChI=1S/C14H9FN4/c15-12-3-1-10(2-4-12)7-13-17-18-14-8-11(9-16)5-6-19(13)14/h1-6,8H,7H2. The molecule has 0 atom stereocenters. The van der Waals surface area contributed by atoms with E-state index in [0.29, 0.717) is 17.6 Å². The SMILES string of the molecule is N#Cc1ccn2c(Cc3ccc(F)cc3)nnc2c1. The number of rotatable bonds is 2. The van der Waals surface area contributed by atoms with Gasteiger partial charge < -0.3 is 0 Å². The smallest absolute Gasteiger partial charge is 0.162 e. The summed E-state index contributed by atoms with van der Waals surface area (Å²) in [6, 6.07) is 11.7. The molecule has 0 bridgehead atoms. The molecule has 0 N–H and O–H groups in total. The highest BCUT2D eigenvalue weighted by atomic mass is 19.1. The molecule has 2 heterocycles. The highest BCUT2D eigenvalue weighted by Crippen LogP contribution is 2.11. The Morgan fingerprint density at radius 2 is 1.95 bits per heavy atom. The maximum absolute atomic E-state index is 12.8. The van der Waals surface area contributed by atoms with Gasteiger partial charge in [-0.05, 0) is 23.8 Å². The maximum atomic E-state index is 12.8. The van der Waals surface area contributed by atoms with Gasteiger partial charge in [-0.1, -0.05) is 12.1 Å². The van der Waals surface area contributed by atoms with Crippen molar-refractivity contribution in [2.75, 3.05) is 0 Å². The van der Waals surface area contributed by atoms with E-state index in [4.69, 9.17) is 5.26 Å². The minimum Gasteiger partial charge on any atom is -0.286 e. The minimum atomic E-state index is -0.256. The number of nitriles is 1.